The number of nitrogens with zero attached hydrogens (tertiary/aromatic N) is 3. The normalized spacial score (nSPS) is 28.0. The van der Waals surface area contributed by atoms with Gasteiger partial charge in [0.25, 0.3) is 5.91 Å². The molecule has 4 atom stereocenters. The second-order valence-corrected chi connectivity index (χ2v) is 10.2. The average molecular weight is 502 g/mol. The molecule has 2 aliphatic heterocycles. The fourth-order valence-corrected chi connectivity index (χ4v) is 5.83. The lowest BCUT2D eigenvalue weighted by Gasteiger charge is -2.27. The fourth-order valence-electron chi connectivity index (χ4n) is 5.34. The van der Waals surface area contributed by atoms with Gasteiger partial charge >= 0.3 is 0 Å². The Balaban J connectivity index is 1.43. The number of fused-ring (bicyclic) bond motifs is 1. The number of hydrazine groups is 1. The molecule has 1 amide bonds. The molecule has 162 valence electrons. The van der Waals surface area contributed by atoms with Gasteiger partial charge in [0.05, 0.1) is 16.8 Å². The van der Waals surface area contributed by atoms with Crippen molar-refractivity contribution in [3.63, 3.8) is 0 Å². The number of para-hydroxylation sites is 1. The number of nitrogens with one attached hydrogen (secondary N) is 1. The van der Waals surface area contributed by atoms with E-state index in [-0.39, 0.29) is 17.9 Å². The van der Waals surface area contributed by atoms with E-state index in [0.29, 0.717) is 10.7 Å². The van der Waals surface area contributed by atoms with Crippen molar-refractivity contribution in [2.75, 3.05) is 18.1 Å². The molecule has 1 N–H and O–H groups in total. The van der Waals surface area contributed by atoms with Crippen LogP contribution in [0.2, 0.25) is 5.02 Å². The third-order valence-corrected chi connectivity index (χ3v) is 7.76. The van der Waals surface area contributed by atoms with Crippen LogP contribution in [0.5, 0.6) is 0 Å². The highest BCUT2D eigenvalue weighted by atomic mass is 79.9. The van der Waals surface area contributed by atoms with Crippen molar-refractivity contribution in [2.24, 2.45) is 22.9 Å². The Labute approximate surface area is 196 Å². The number of amides is 1. The molecule has 1 saturated carbocycles. The zero-order chi connectivity index (χ0) is 21.5. The number of hydrazone groups is 1. The summed E-state index contributed by atoms with van der Waals surface area (Å²) in [6.45, 7) is 3.96. The molecule has 31 heavy (non-hydrogen) atoms. The maximum atomic E-state index is 13.3. The lowest BCUT2D eigenvalue weighted by Crippen LogP contribution is -2.45. The molecule has 2 fully saturated rings. The van der Waals surface area contributed by atoms with Crippen molar-refractivity contribution in [2.45, 2.75) is 32.2 Å². The Bertz CT molecular complexity index is 999. The van der Waals surface area contributed by atoms with E-state index in [2.05, 4.69) is 45.4 Å². The SMILES string of the molecule is C[C@H]1C(C(=O)NN2CC3CCCC3C2)=NN(c2ccccc2Cl)[C@H]1c1ccc(Br)cc1. The first kappa shape index (κ1) is 21.0. The van der Waals surface area contributed by atoms with Crippen LogP contribution in [0, 0.1) is 17.8 Å². The van der Waals surface area contributed by atoms with Crippen molar-refractivity contribution < 1.29 is 4.79 Å². The number of carbonyl (C=O) groups excluding carboxylic acids is 1. The molecule has 1 saturated heterocycles. The van der Waals surface area contributed by atoms with Crippen LogP contribution in [0.3, 0.4) is 0 Å². The Morgan fingerprint density at radius 1 is 1.10 bits per heavy atom. The summed E-state index contributed by atoms with van der Waals surface area (Å²) in [5.41, 5.74) is 5.59. The van der Waals surface area contributed by atoms with Crippen molar-refractivity contribution in [3.8, 4) is 0 Å². The van der Waals surface area contributed by atoms with Crippen LogP contribution in [0.4, 0.5) is 5.69 Å². The Morgan fingerprint density at radius 2 is 1.77 bits per heavy atom. The first-order valence-corrected chi connectivity index (χ1v) is 12.1. The van der Waals surface area contributed by atoms with E-state index in [0.717, 1.165) is 40.6 Å². The lowest BCUT2D eigenvalue weighted by molar-refractivity contribution is -0.119. The topological polar surface area (TPSA) is 47.9 Å². The largest absolute Gasteiger partial charge is 0.284 e. The summed E-state index contributed by atoms with van der Waals surface area (Å²) in [5.74, 6) is 1.25. The second-order valence-electron chi connectivity index (χ2n) is 8.86. The van der Waals surface area contributed by atoms with Crippen LogP contribution in [-0.4, -0.2) is 29.7 Å². The molecule has 0 radical (unpaired) electrons. The Morgan fingerprint density at radius 3 is 2.45 bits per heavy atom. The molecule has 0 spiro atoms. The number of benzene rings is 2. The van der Waals surface area contributed by atoms with E-state index in [4.69, 9.17) is 16.7 Å². The molecular weight excluding hydrogens is 476 g/mol. The smallest absolute Gasteiger partial charge is 0.282 e. The lowest BCUT2D eigenvalue weighted by atomic mass is 9.91. The van der Waals surface area contributed by atoms with Crippen LogP contribution >= 0.6 is 27.5 Å². The van der Waals surface area contributed by atoms with E-state index >= 15 is 0 Å². The summed E-state index contributed by atoms with van der Waals surface area (Å²) in [6.07, 6.45) is 3.88. The van der Waals surface area contributed by atoms with Crippen LogP contribution in [0.1, 0.15) is 37.8 Å². The number of rotatable bonds is 4. The van der Waals surface area contributed by atoms with E-state index in [1.54, 1.807) is 0 Å². The molecular formula is C24H26BrClN4O. The van der Waals surface area contributed by atoms with Gasteiger partial charge in [0, 0.05) is 23.5 Å². The molecule has 5 rings (SSSR count). The molecule has 2 heterocycles. The molecule has 1 aliphatic carbocycles. The molecule has 0 aromatic heterocycles. The minimum absolute atomic E-state index is 0.0837. The predicted molar refractivity (Wildman–Crippen MR) is 128 cm³/mol. The minimum atomic E-state index is -0.107. The highest BCUT2D eigenvalue weighted by Gasteiger charge is 2.42. The van der Waals surface area contributed by atoms with E-state index < -0.39 is 0 Å². The maximum absolute atomic E-state index is 13.3. The molecule has 2 aromatic carbocycles. The van der Waals surface area contributed by atoms with Crippen molar-refractivity contribution in [1.29, 1.82) is 0 Å². The molecule has 7 heteroatoms. The van der Waals surface area contributed by atoms with Gasteiger partial charge in [-0.2, -0.15) is 5.10 Å². The standard InChI is InChI=1S/C24H26BrClN4O/c1-15-22(24(31)28-29-13-17-5-4-6-18(17)14-29)27-30(21-8-3-2-7-20(21)26)23(15)16-9-11-19(25)12-10-16/h2-3,7-12,15,17-18,23H,4-6,13-14H2,1H3,(H,28,31)/t15-,17?,18?,23+/m0/s1. The van der Waals surface area contributed by atoms with Gasteiger partial charge in [0.15, 0.2) is 0 Å². The van der Waals surface area contributed by atoms with Crippen LogP contribution in [-0.2, 0) is 4.79 Å². The van der Waals surface area contributed by atoms with Gasteiger partial charge in [0.1, 0.15) is 5.71 Å². The van der Waals surface area contributed by atoms with Crippen LogP contribution in [0.15, 0.2) is 58.1 Å². The molecule has 2 unspecified atom stereocenters. The van der Waals surface area contributed by atoms with Gasteiger partial charge in [-0.05, 0) is 54.5 Å². The van der Waals surface area contributed by atoms with Gasteiger partial charge in [0.2, 0.25) is 0 Å². The summed E-state index contributed by atoms with van der Waals surface area (Å²) < 4.78 is 1.02. The molecule has 5 nitrogen and oxygen atoms in total. The van der Waals surface area contributed by atoms with Gasteiger partial charge < -0.3 is 0 Å². The van der Waals surface area contributed by atoms with E-state index in [9.17, 15) is 4.79 Å². The molecule has 2 aromatic rings. The quantitative estimate of drug-likeness (QED) is 0.609. The average Bonchev–Trinajstić information content (AvgIpc) is 3.43. The van der Waals surface area contributed by atoms with Gasteiger partial charge in [-0.1, -0.05) is 65.1 Å². The van der Waals surface area contributed by atoms with E-state index in [1.165, 1.54) is 19.3 Å². The number of hydrogen-bond donors (Lipinski definition) is 1. The third-order valence-electron chi connectivity index (χ3n) is 6.91. The first-order valence-electron chi connectivity index (χ1n) is 10.9. The van der Waals surface area contributed by atoms with E-state index in [1.807, 2.05) is 41.4 Å². The second kappa shape index (κ2) is 8.57. The highest BCUT2D eigenvalue weighted by molar-refractivity contribution is 9.10. The number of halogens is 2. The van der Waals surface area contributed by atoms with Crippen molar-refractivity contribution in [3.05, 3.63) is 63.6 Å². The van der Waals surface area contributed by atoms with Crippen LogP contribution in [0.25, 0.3) is 0 Å². The first-order chi connectivity index (χ1) is 15.0. The van der Waals surface area contributed by atoms with Crippen molar-refractivity contribution in [1.82, 2.24) is 10.4 Å². The number of carbonyl (C=O) groups is 1. The summed E-state index contributed by atoms with van der Waals surface area (Å²) in [4.78, 5) is 13.3. The summed E-state index contributed by atoms with van der Waals surface area (Å²) in [6, 6.07) is 15.8. The Hall–Kier alpha value is -1.89. The monoisotopic (exact) mass is 500 g/mol. The fraction of sp³-hybridized carbons (Fsp3) is 0.417. The van der Waals surface area contributed by atoms with Crippen molar-refractivity contribution >= 4 is 44.8 Å². The summed E-state index contributed by atoms with van der Waals surface area (Å²) in [5, 5.41) is 9.43. The molecule has 3 aliphatic rings. The minimum Gasteiger partial charge on any atom is -0.284 e. The summed E-state index contributed by atoms with van der Waals surface area (Å²) in [7, 11) is 0. The molecule has 0 bridgehead atoms. The van der Waals surface area contributed by atoms with Gasteiger partial charge in [-0.25, -0.2) is 5.01 Å². The Kier molecular flexibility index (Phi) is 5.80. The van der Waals surface area contributed by atoms with Gasteiger partial charge in [-0.15, -0.1) is 0 Å². The van der Waals surface area contributed by atoms with Crippen LogP contribution < -0.4 is 10.4 Å². The maximum Gasteiger partial charge on any atom is 0.282 e. The predicted octanol–water partition coefficient (Wildman–Crippen LogP) is 5.42. The highest BCUT2D eigenvalue weighted by Crippen LogP contribution is 2.42. The number of hydrogen-bond acceptors (Lipinski definition) is 4. The summed E-state index contributed by atoms with van der Waals surface area (Å²) >= 11 is 10.0. The zero-order valence-electron chi connectivity index (χ0n) is 17.5. The third kappa shape index (κ3) is 4.01. The zero-order valence-corrected chi connectivity index (χ0v) is 19.8. The number of anilines is 1. The van der Waals surface area contributed by atoms with Gasteiger partial charge in [-0.3, -0.25) is 15.2 Å².